The summed E-state index contributed by atoms with van der Waals surface area (Å²) in [6, 6.07) is 11.9. The Balaban J connectivity index is 2.03. The van der Waals surface area contributed by atoms with Crippen LogP contribution in [-0.4, -0.2) is 28.6 Å². The van der Waals surface area contributed by atoms with Crippen LogP contribution in [0.2, 0.25) is 0 Å². The lowest BCUT2D eigenvalue weighted by atomic mass is 10.0. The molecule has 0 saturated heterocycles. The van der Waals surface area contributed by atoms with E-state index in [9.17, 15) is 9.59 Å². The van der Waals surface area contributed by atoms with E-state index in [0.29, 0.717) is 11.3 Å². The van der Waals surface area contributed by atoms with Crippen molar-refractivity contribution >= 4 is 29.3 Å². The van der Waals surface area contributed by atoms with Gasteiger partial charge in [-0.15, -0.1) is 11.8 Å². The van der Waals surface area contributed by atoms with Gasteiger partial charge in [0.15, 0.2) is 0 Å². The first-order valence-corrected chi connectivity index (χ1v) is 9.25. The Morgan fingerprint density at radius 1 is 1.12 bits per heavy atom. The SMILES string of the molecule is CCSc1ccc(NC(=O)C(NC(=O)c2ccccc2)C(C)C)cn1. The molecule has 0 fully saturated rings. The van der Waals surface area contributed by atoms with Crippen molar-refractivity contribution in [2.24, 2.45) is 5.92 Å². The Bertz CT molecular complexity index is 702. The van der Waals surface area contributed by atoms with Crippen molar-refractivity contribution in [1.29, 1.82) is 0 Å². The van der Waals surface area contributed by atoms with Gasteiger partial charge in [-0.2, -0.15) is 0 Å². The average molecular weight is 357 g/mol. The van der Waals surface area contributed by atoms with E-state index in [1.165, 1.54) is 0 Å². The van der Waals surface area contributed by atoms with Crippen LogP contribution in [0.25, 0.3) is 0 Å². The maximum atomic E-state index is 12.6. The molecule has 1 heterocycles. The fourth-order valence-corrected chi connectivity index (χ4v) is 2.84. The first-order chi connectivity index (χ1) is 12.0. The minimum absolute atomic E-state index is 0.0458. The van der Waals surface area contributed by atoms with Crippen LogP contribution >= 0.6 is 11.8 Å². The number of amides is 2. The third kappa shape index (κ3) is 5.60. The molecule has 2 rings (SSSR count). The lowest BCUT2D eigenvalue weighted by molar-refractivity contribution is -0.118. The molecule has 0 aliphatic rings. The molecule has 1 aromatic heterocycles. The Morgan fingerprint density at radius 3 is 2.40 bits per heavy atom. The van der Waals surface area contributed by atoms with Crippen molar-refractivity contribution in [1.82, 2.24) is 10.3 Å². The zero-order valence-corrected chi connectivity index (χ0v) is 15.5. The number of benzene rings is 1. The quantitative estimate of drug-likeness (QED) is 0.743. The monoisotopic (exact) mass is 357 g/mol. The molecular weight excluding hydrogens is 334 g/mol. The molecule has 5 nitrogen and oxygen atoms in total. The topological polar surface area (TPSA) is 71.1 Å². The number of rotatable bonds is 7. The van der Waals surface area contributed by atoms with Gasteiger partial charge in [0.1, 0.15) is 6.04 Å². The van der Waals surface area contributed by atoms with Crippen LogP contribution in [0.5, 0.6) is 0 Å². The van der Waals surface area contributed by atoms with Crippen molar-refractivity contribution in [2.75, 3.05) is 11.1 Å². The highest BCUT2D eigenvalue weighted by Gasteiger charge is 2.24. The van der Waals surface area contributed by atoms with E-state index < -0.39 is 6.04 Å². The molecule has 6 heteroatoms. The summed E-state index contributed by atoms with van der Waals surface area (Å²) >= 11 is 1.64. The molecule has 2 aromatic rings. The molecule has 132 valence electrons. The van der Waals surface area contributed by atoms with Crippen LogP contribution in [0.1, 0.15) is 31.1 Å². The molecule has 0 radical (unpaired) electrons. The fraction of sp³-hybridized carbons (Fsp3) is 0.316. The molecular formula is C19H23N3O2S. The Hall–Kier alpha value is -2.34. The maximum Gasteiger partial charge on any atom is 0.251 e. The summed E-state index contributed by atoms with van der Waals surface area (Å²) in [5.74, 6) is 0.384. The second-order valence-corrected chi connectivity index (χ2v) is 7.15. The van der Waals surface area contributed by atoms with Crippen LogP contribution in [0, 0.1) is 5.92 Å². The van der Waals surface area contributed by atoms with Gasteiger partial charge in [0, 0.05) is 5.56 Å². The number of anilines is 1. The number of thioether (sulfide) groups is 1. The van der Waals surface area contributed by atoms with Gasteiger partial charge in [-0.3, -0.25) is 9.59 Å². The molecule has 0 saturated carbocycles. The minimum atomic E-state index is -0.627. The van der Waals surface area contributed by atoms with Crippen molar-refractivity contribution in [3.05, 3.63) is 54.2 Å². The highest BCUT2D eigenvalue weighted by Crippen LogP contribution is 2.17. The maximum absolute atomic E-state index is 12.6. The molecule has 1 aromatic carbocycles. The average Bonchev–Trinajstić information content (AvgIpc) is 2.61. The second kappa shape index (κ2) is 9.22. The van der Waals surface area contributed by atoms with Crippen molar-refractivity contribution < 1.29 is 9.59 Å². The number of pyridine rings is 1. The summed E-state index contributed by atoms with van der Waals surface area (Å²) in [7, 11) is 0. The number of hydrogen-bond donors (Lipinski definition) is 2. The van der Waals surface area contributed by atoms with Crippen molar-refractivity contribution in [3.8, 4) is 0 Å². The first kappa shape index (κ1) is 19.0. The molecule has 0 aliphatic heterocycles. The van der Waals surface area contributed by atoms with Crippen LogP contribution in [-0.2, 0) is 4.79 Å². The van der Waals surface area contributed by atoms with E-state index in [0.717, 1.165) is 10.8 Å². The molecule has 1 atom stereocenters. The number of nitrogens with zero attached hydrogens (tertiary/aromatic N) is 1. The molecule has 25 heavy (non-hydrogen) atoms. The number of aromatic nitrogens is 1. The summed E-state index contributed by atoms with van der Waals surface area (Å²) < 4.78 is 0. The van der Waals surface area contributed by atoms with Gasteiger partial charge in [0.05, 0.1) is 16.9 Å². The summed E-state index contributed by atoms with van der Waals surface area (Å²) in [5.41, 5.74) is 1.15. The fourth-order valence-electron chi connectivity index (χ4n) is 2.26. The van der Waals surface area contributed by atoms with Gasteiger partial charge in [0.2, 0.25) is 5.91 Å². The van der Waals surface area contributed by atoms with E-state index >= 15 is 0 Å². The van der Waals surface area contributed by atoms with Gasteiger partial charge >= 0.3 is 0 Å². The number of carbonyl (C=O) groups is 2. The van der Waals surface area contributed by atoms with Gasteiger partial charge < -0.3 is 10.6 Å². The third-order valence-electron chi connectivity index (χ3n) is 3.57. The largest absolute Gasteiger partial charge is 0.340 e. The highest BCUT2D eigenvalue weighted by molar-refractivity contribution is 7.99. The van der Waals surface area contributed by atoms with Crippen LogP contribution in [0.15, 0.2) is 53.7 Å². The normalized spacial score (nSPS) is 11.8. The Morgan fingerprint density at radius 2 is 1.84 bits per heavy atom. The van der Waals surface area contributed by atoms with Gasteiger partial charge in [-0.05, 0) is 35.9 Å². The van der Waals surface area contributed by atoms with Gasteiger partial charge in [0.25, 0.3) is 5.91 Å². The van der Waals surface area contributed by atoms with E-state index in [-0.39, 0.29) is 17.7 Å². The predicted octanol–water partition coefficient (Wildman–Crippen LogP) is 3.59. The summed E-state index contributed by atoms with van der Waals surface area (Å²) in [4.78, 5) is 29.2. The number of carbonyl (C=O) groups excluding carboxylic acids is 2. The lowest BCUT2D eigenvalue weighted by Crippen LogP contribution is -2.47. The zero-order valence-electron chi connectivity index (χ0n) is 14.7. The number of hydrogen-bond acceptors (Lipinski definition) is 4. The zero-order chi connectivity index (χ0) is 18.2. The van der Waals surface area contributed by atoms with E-state index in [4.69, 9.17) is 0 Å². The molecule has 0 spiro atoms. The van der Waals surface area contributed by atoms with E-state index in [2.05, 4.69) is 22.5 Å². The molecule has 2 N–H and O–H groups in total. The van der Waals surface area contributed by atoms with Crippen LogP contribution in [0.4, 0.5) is 5.69 Å². The first-order valence-electron chi connectivity index (χ1n) is 8.27. The molecule has 0 aliphatic carbocycles. The predicted molar refractivity (Wildman–Crippen MR) is 102 cm³/mol. The van der Waals surface area contributed by atoms with E-state index in [1.54, 1.807) is 42.2 Å². The number of nitrogens with one attached hydrogen (secondary N) is 2. The molecule has 2 amide bonds. The minimum Gasteiger partial charge on any atom is -0.340 e. The second-order valence-electron chi connectivity index (χ2n) is 5.87. The standard InChI is InChI=1S/C19H23N3O2S/c1-4-25-16-11-10-15(12-20-16)21-19(24)17(13(2)3)22-18(23)14-8-6-5-7-9-14/h5-13,17H,4H2,1-3H3,(H,21,24)(H,22,23). The molecule has 1 unspecified atom stereocenters. The van der Waals surface area contributed by atoms with E-state index in [1.807, 2.05) is 32.0 Å². The summed E-state index contributed by atoms with van der Waals surface area (Å²) in [6.45, 7) is 5.86. The van der Waals surface area contributed by atoms with Gasteiger partial charge in [-0.1, -0.05) is 39.0 Å². The van der Waals surface area contributed by atoms with Gasteiger partial charge in [-0.25, -0.2) is 4.98 Å². The third-order valence-corrected chi connectivity index (χ3v) is 4.39. The Kier molecular flexibility index (Phi) is 7.01. The highest BCUT2D eigenvalue weighted by atomic mass is 32.2. The lowest BCUT2D eigenvalue weighted by Gasteiger charge is -2.21. The Labute approximate surface area is 152 Å². The molecule has 0 bridgehead atoms. The smallest absolute Gasteiger partial charge is 0.251 e. The van der Waals surface area contributed by atoms with Crippen molar-refractivity contribution in [2.45, 2.75) is 31.8 Å². The van der Waals surface area contributed by atoms with Crippen LogP contribution in [0.3, 0.4) is 0 Å². The van der Waals surface area contributed by atoms with Crippen LogP contribution < -0.4 is 10.6 Å². The summed E-state index contributed by atoms with van der Waals surface area (Å²) in [6.07, 6.45) is 1.63. The summed E-state index contributed by atoms with van der Waals surface area (Å²) in [5, 5.41) is 6.55. The van der Waals surface area contributed by atoms with Crippen molar-refractivity contribution in [3.63, 3.8) is 0 Å².